The Labute approximate surface area is 191 Å². The minimum Gasteiger partial charge on any atom is -0.444 e. The lowest BCUT2D eigenvalue weighted by molar-refractivity contribution is -0.131. The predicted molar refractivity (Wildman–Crippen MR) is 120 cm³/mol. The third-order valence-corrected chi connectivity index (χ3v) is 6.08. The number of hydrogen-bond donors (Lipinski definition) is 1. The van der Waals surface area contributed by atoms with Crippen molar-refractivity contribution in [2.45, 2.75) is 25.5 Å². The molecule has 3 amide bonds. The highest BCUT2D eigenvalue weighted by Gasteiger charge is 2.41. The molecule has 3 aromatic rings. The Balaban J connectivity index is 1.40. The van der Waals surface area contributed by atoms with E-state index in [-0.39, 0.29) is 19.4 Å². The number of hydrogen-bond acceptors (Lipinski definition) is 6. The molecule has 0 radical (unpaired) electrons. The SMILES string of the molecule is O=C(Nc1nc(-c2ccc(Br)cc2)cs1)[C@@H]1CCC(=O)N1C(=O)OCc1ccccc1. The standard InChI is InChI=1S/C22H18BrN3O4S/c23-16-8-6-15(7-9-16)17-13-31-21(24-17)25-20(28)18-10-11-19(27)26(18)22(29)30-12-14-4-2-1-3-5-14/h1-9,13,18H,10-12H2,(H,24,25,28)/t18-/m0/s1. The molecular weight excluding hydrogens is 482 g/mol. The number of halogens is 1. The van der Waals surface area contributed by atoms with E-state index < -0.39 is 23.9 Å². The summed E-state index contributed by atoms with van der Waals surface area (Å²) in [6.07, 6.45) is -0.461. The first-order valence-corrected chi connectivity index (χ1v) is 11.2. The number of amides is 3. The van der Waals surface area contributed by atoms with Gasteiger partial charge in [-0.1, -0.05) is 58.4 Å². The van der Waals surface area contributed by atoms with Crippen LogP contribution in [0.1, 0.15) is 18.4 Å². The van der Waals surface area contributed by atoms with Gasteiger partial charge in [-0.25, -0.2) is 14.7 Å². The van der Waals surface area contributed by atoms with Gasteiger partial charge in [0.2, 0.25) is 11.8 Å². The molecule has 1 aliphatic heterocycles. The third-order valence-electron chi connectivity index (χ3n) is 4.79. The summed E-state index contributed by atoms with van der Waals surface area (Å²) in [7, 11) is 0. The van der Waals surface area contributed by atoms with Crippen molar-refractivity contribution in [1.82, 2.24) is 9.88 Å². The minimum atomic E-state index is -0.921. The highest BCUT2D eigenvalue weighted by Crippen LogP contribution is 2.27. The summed E-state index contributed by atoms with van der Waals surface area (Å²) in [5, 5.41) is 4.96. The van der Waals surface area contributed by atoms with Crippen molar-refractivity contribution < 1.29 is 19.1 Å². The van der Waals surface area contributed by atoms with Crippen molar-refractivity contribution >= 4 is 50.3 Å². The number of carbonyl (C=O) groups excluding carboxylic acids is 3. The summed E-state index contributed by atoms with van der Waals surface area (Å²) in [6, 6.07) is 15.9. The average molecular weight is 500 g/mol. The van der Waals surface area contributed by atoms with Crippen LogP contribution < -0.4 is 5.32 Å². The van der Waals surface area contributed by atoms with E-state index in [0.717, 1.165) is 26.2 Å². The molecule has 1 fully saturated rings. The van der Waals surface area contributed by atoms with Crippen molar-refractivity contribution in [1.29, 1.82) is 0 Å². The second-order valence-corrected chi connectivity index (χ2v) is 8.67. The maximum absolute atomic E-state index is 12.8. The van der Waals surface area contributed by atoms with Crippen LogP contribution in [0.4, 0.5) is 9.93 Å². The zero-order valence-electron chi connectivity index (χ0n) is 16.3. The van der Waals surface area contributed by atoms with E-state index in [1.165, 1.54) is 11.3 Å². The van der Waals surface area contributed by atoms with E-state index in [1.807, 2.05) is 60.0 Å². The van der Waals surface area contributed by atoms with E-state index in [0.29, 0.717) is 5.13 Å². The summed E-state index contributed by atoms with van der Waals surface area (Å²) >= 11 is 4.67. The Morgan fingerprint density at radius 1 is 1.16 bits per heavy atom. The molecule has 9 heteroatoms. The van der Waals surface area contributed by atoms with Gasteiger partial charge in [-0.2, -0.15) is 0 Å². The van der Waals surface area contributed by atoms with Crippen molar-refractivity contribution in [3.05, 3.63) is 70.0 Å². The molecule has 1 aliphatic rings. The molecular formula is C22H18BrN3O4S. The van der Waals surface area contributed by atoms with E-state index in [4.69, 9.17) is 4.74 Å². The van der Waals surface area contributed by atoms with Crippen LogP contribution in [-0.2, 0) is 20.9 Å². The van der Waals surface area contributed by atoms with E-state index in [2.05, 4.69) is 26.2 Å². The zero-order valence-corrected chi connectivity index (χ0v) is 18.7. The lowest BCUT2D eigenvalue weighted by atomic mass is 10.2. The molecule has 2 heterocycles. The Morgan fingerprint density at radius 3 is 2.65 bits per heavy atom. The predicted octanol–water partition coefficient (Wildman–Crippen LogP) is 4.84. The topological polar surface area (TPSA) is 88.6 Å². The molecule has 2 aromatic carbocycles. The van der Waals surface area contributed by atoms with Gasteiger partial charge < -0.3 is 10.1 Å². The highest BCUT2D eigenvalue weighted by atomic mass is 79.9. The minimum absolute atomic E-state index is 0.0286. The van der Waals surface area contributed by atoms with Crippen molar-refractivity contribution in [3.63, 3.8) is 0 Å². The van der Waals surface area contributed by atoms with Gasteiger partial charge in [-0.3, -0.25) is 9.59 Å². The first-order valence-electron chi connectivity index (χ1n) is 9.56. The van der Waals surface area contributed by atoms with Crippen LogP contribution in [0.2, 0.25) is 0 Å². The lowest BCUT2D eigenvalue weighted by Crippen LogP contribution is -2.45. The van der Waals surface area contributed by atoms with Gasteiger partial charge in [-0.15, -0.1) is 11.3 Å². The monoisotopic (exact) mass is 499 g/mol. The molecule has 0 bridgehead atoms. The fourth-order valence-electron chi connectivity index (χ4n) is 3.22. The second kappa shape index (κ2) is 9.40. The molecule has 4 rings (SSSR count). The zero-order chi connectivity index (χ0) is 21.8. The maximum Gasteiger partial charge on any atom is 0.417 e. The number of anilines is 1. The Bertz CT molecular complexity index is 1100. The molecule has 158 valence electrons. The number of carbonyl (C=O) groups is 3. The fourth-order valence-corrected chi connectivity index (χ4v) is 4.21. The molecule has 31 heavy (non-hydrogen) atoms. The van der Waals surface area contributed by atoms with Crippen molar-refractivity contribution in [2.24, 2.45) is 0 Å². The summed E-state index contributed by atoms with van der Waals surface area (Å²) in [4.78, 5) is 42.9. The van der Waals surface area contributed by atoms with Crippen molar-refractivity contribution in [2.75, 3.05) is 5.32 Å². The van der Waals surface area contributed by atoms with Gasteiger partial charge in [0.25, 0.3) is 0 Å². The van der Waals surface area contributed by atoms with E-state index in [1.54, 1.807) is 0 Å². The summed E-state index contributed by atoms with van der Waals surface area (Å²) in [6.45, 7) is 0.0286. The third kappa shape index (κ3) is 5.00. The average Bonchev–Trinajstić information content (AvgIpc) is 3.40. The lowest BCUT2D eigenvalue weighted by Gasteiger charge is -2.21. The largest absolute Gasteiger partial charge is 0.444 e. The molecule has 0 unspecified atom stereocenters. The Hall–Kier alpha value is -3.04. The van der Waals surface area contributed by atoms with Gasteiger partial charge >= 0.3 is 6.09 Å². The van der Waals surface area contributed by atoms with Gasteiger partial charge in [0.15, 0.2) is 5.13 Å². The molecule has 1 atom stereocenters. The van der Waals surface area contributed by atoms with Crippen LogP contribution in [0.25, 0.3) is 11.3 Å². The maximum atomic E-state index is 12.8. The van der Waals surface area contributed by atoms with Crippen LogP contribution in [0.5, 0.6) is 0 Å². The number of ether oxygens (including phenoxy) is 1. The summed E-state index contributed by atoms with van der Waals surface area (Å²) in [5.41, 5.74) is 2.45. The molecule has 1 aromatic heterocycles. The van der Waals surface area contributed by atoms with E-state index >= 15 is 0 Å². The van der Waals surface area contributed by atoms with E-state index in [9.17, 15) is 14.4 Å². The van der Waals surface area contributed by atoms with Crippen LogP contribution in [0.3, 0.4) is 0 Å². The summed E-state index contributed by atoms with van der Waals surface area (Å²) < 4.78 is 6.22. The Morgan fingerprint density at radius 2 is 1.90 bits per heavy atom. The normalized spacial score (nSPS) is 15.7. The van der Waals surface area contributed by atoms with Crippen LogP contribution in [0, 0.1) is 0 Å². The molecule has 1 saturated heterocycles. The molecule has 0 saturated carbocycles. The van der Waals surface area contributed by atoms with Gasteiger partial charge in [-0.05, 0) is 24.1 Å². The van der Waals surface area contributed by atoms with Crippen LogP contribution in [-0.4, -0.2) is 33.8 Å². The Kier molecular flexibility index (Phi) is 6.43. The number of nitrogens with one attached hydrogen (secondary N) is 1. The molecule has 0 aliphatic carbocycles. The van der Waals surface area contributed by atoms with Crippen LogP contribution >= 0.6 is 27.3 Å². The van der Waals surface area contributed by atoms with Crippen molar-refractivity contribution in [3.8, 4) is 11.3 Å². The number of likely N-dealkylation sites (tertiary alicyclic amines) is 1. The number of thiazole rings is 1. The van der Waals surface area contributed by atoms with Gasteiger partial charge in [0, 0.05) is 21.8 Å². The van der Waals surface area contributed by atoms with Gasteiger partial charge in [0.1, 0.15) is 12.6 Å². The fraction of sp³-hybridized carbons (Fsp3) is 0.182. The highest BCUT2D eigenvalue weighted by molar-refractivity contribution is 9.10. The number of aromatic nitrogens is 1. The first kappa shape index (κ1) is 21.2. The van der Waals surface area contributed by atoms with Gasteiger partial charge in [0.05, 0.1) is 5.69 Å². The van der Waals surface area contributed by atoms with Crippen LogP contribution in [0.15, 0.2) is 64.5 Å². The molecule has 0 spiro atoms. The number of imide groups is 1. The second-order valence-electron chi connectivity index (χ2n) is 6.89. The first-order chi connectivity index (χ1) is 15.0. The molecule has 1 N–H and O–H groups in total. The quantitative estimate of drug-likeness (QED) is 0.542. The number of benzene rings is 2. The molecule has 7 nitrogen and oxygen atoms in total. The summed E-state index contributed by atoms with van der Waals surface area (Å²) in [5.74, 6) is -0.882. The number of nitrogens with zero attached hydrogens (tertiary/aromatic N) is 2. The smallest absolute Gasteiger partial charge is 0.417 e. The number of rotatable bonds is 5.